The molecule has 3 aromatic carbocycles. The lowest BCUT2D eigenvalue weighted by molar-refractivity contribution is -0.119. The Labute approximate surface area is 188 Å². The standard InChI is InChI=1S/C25H27FN2O3S/c1-19-8-6-12-24(20(19)2)28(32(30,31)23-10-4-3-5-11-23)18-25(29)27-17-7-9-21-13-15-22(26)16-14-21/h3-6,8,10-16H,7,9,17-18H2,1-2H3,(H,27,29). The second-order valence-corrected chi connectivity index (χ2v) is 9.49. The van der Waals surface area contributed by atoms with Crippen LogP contribution < -0.4 is 9.62 Å². The summed E-state index contributed by atoms with van der Waals surface area (Å²) < 4.78 is 40.9. The third-order valence-electron chi connectivity index (χ3n) is 5.34. The van der Waals surface area contributed by atoms with E-state index >= 15 is 0 Å². The van der Waals surface area contributed by atoms with E-state index in [2.05, 4.69) is 5.32 Å². The molecular formula is C25H27FN2O3S. The van der Waals surface area contributed by atoms with Crippen LogP contribution in [0.4, 0.5) is 10.1 Å². The van der Waals surface area contributed by atoms with Crippen molar-refractivity contribution in [3.8, 4) is 0 Å². The number of carbonyl (C=O) groups excluding carboxylic acids is 1. The van der Waals surface area contributed by atoms with Gasteiger partial charge in [0, 0.05) is 6.54 Å². The highest BCUT2D eigenvalue weighted by Crippen LogP contribution is 2.28. The molecular weight excluding hydrogens is 427 g/mol. The summed E-state index contributed by atoms with van der Waals surface area (Å²) in [7, 11) is -3.93. The number of hydrogen-bond acceptors (Lipinski definition) is 3. The van der Waals surface area contributed by atoms with Gasteiger partial charge in [0.05, 0.1) is 10.6 Å². The molecule has 7 heteroatoms. The first-order valence-electron chi connectivity index (χ1n) is 10.4. The first-order chi connectivity index (χ1) is 15.3. The maximum Gasteiger partial charge on any atom is 0.264 e. The number of amides is 1. The first-order valence-corrected chi connectivity index (χ1v) is 11.9. The van der Waals surface area contributed by atoms with Crippen molar-refractivity contribution < 1.29 is 17.6 Å². The average molecular weight is 455 g/mol. The lowest BCUT2D eigenvalue weighted by Crippen LogP contribution is -2.41. The molecule has 0 saturated carbocycles. The van der Waals surface area contributed by atoms with Gasteiger partial charge in [-0.15, -0.1) is 0 Å². The van der Waals surface area contributed by atoms with Gasteiger partial charge >= 0.3 is 0 Å². The molecule has 32 heavy (non-hydrogen) atoms. The lowest BCUT2D eigenvalue weighted by Gasteiger charge is -2.26. The maximum atomic E-state index is 13.4. The van der Waals surface area contributed by atoms with E-state index in [1.165, 1.54) is 28.6 Å². The zero-order valence-electron chi connectivity index (χ0n) is 18.2. The van der Waals surface area contributed by atoms with Crippen molar-refractivity contribution in [1.82, 2.24) is 5.32 Å². The average Bonchev–Trinajstić information content (AvgIpc) is 2.79. The zero-order valence-corrected chi connectivity index (χ0v) is 19.0. The lowest BCUT2D eigenvalue weighted by atomic mass is 10.1. The molecule has 3 rings (SSSR count). The van der Waals surface area contributed by atoms with Crippen LogP contribution in [0.2, 0.25) is 0 Å². The summed E-state index contributed by atoms with van der Waals surface area (Å²) >= 11 is 0. The summed E-state index contributed by atoms with van der Waals surface area (Å²) in [5.41, 5.74) is 3.20. The van der Waals surface area contributed by atoms with Crippen molar-refractivity contribution in [2.75, 3.05) is 17.4 Å². The minimum Gasteiger partial charge on any atom is -0.355 e. The number of hydrogen-bond donors (Lipinski definition) is 1. The van der Waals surface area contributed by atoms with Crippen molar-refractivity contribution in [1.29, 1.82) is 0 Å². The van der Waals surface area contributed by atoms with E-state index < -0.39 is 10.0 Å². The topological polar surface area (TPSA) is 66.5 Å². The molecule has 168 valence electrons. The molecule has 0 unspecified atom stereocenters. The van der Waals surface area contributed by atoms with Gasteiger partial charge in [-0.2, -0.15) is 0 Å². The van der Waals surface area contributed by atoms with Crippen LogP contribution in [0.1, 0.15) is 23.1 Å². The highest BCUT2D eigenvalue weighted by molar-refractivity contribution is 7.92. The number of sulfonamides is 1. The molecule has 0 saturated heterocycles. The van der Waals surface area contributed by atoms with Crippen molar-refractivity contribution in [3.63, 3.8) is 0 Å². The quantitative estimate of drug-likeness (QED) is 0.488. The van der Waals surface area contributed by atoms with Crippen LogP contribution in [-0.2, 0) is 21.2 Å². The van der Waals surface area contributed by atoms with Gasteiger partial charge in [0.15, 0.2) is 0 Å². The predicted molar refractivity (Wildman–Crippen MR) is 125 cm³/mol. The largest absolute Gasteiger partial charge is 0.355 e. The van der Waals surface area contributed by atoms with Gasteiger partial charge in [0.1, 0.15) is 12.4 Å². The molecule has 5 nitrogen and oxygen atoms in total. The van der Waals surface area contributed by atoms with Crippen LogP contribution in [-0.4, -0.2) is 27.4 Å². The Morgan fingerprint density at radius 2 is 1.62 bits per heavy atom. The van der Waals surface area contributed by atoms with Crippen molar-refractivity contribution in [3.05, 3.63) is 95.3 Å². The Morgan fingerprint density at radius 1 is 0.938 bits per heavy atom. The maximum absolute atomic E-state index is 13.4. The third kappa shape index (κ3) is 5.73. The summed E-state index contributed by atoms with van der Waals surface area (Å²) in [6.45, 7) is 3.82. The van der Waals surface area contributed by atoms with E-state index in [9.17, 15) is 17.6 Å². The highest BCUT2D eigenvalue weighted by atomic mass is 32.2. The Bertz CT molecular complexity index is 1160. The fourth-order valence-electron chi connectivity index (χ4n) is 3.38. The summed E-state index contributed by atoms with van der Waals surface area (Å²) in [6, 6.07) is 19.7. The van der Waals surface area contributed by atoms with E-state index in [4.69, 9.17) is 0 Å². The fraction of sp³-hybridized carbons (Fsp3) is 0.240. The second-order valence-electron chi connectivity index (χ2n) is 7.62. The molecule has 0 aliphatic rings. The number of rotatable bonds is 9. The van der Waals surface area contributed by atoms with Gasteiger partial charge in [-0.1, -0.05) is 42.5 Å². The van der Waals surface area contributed by atoms with Gasteiger partial charge in [-0.3, -0.25) is 9.10 Å². The van der Waals surface area contributed by atoms with E-state index in [0.29, 0.717) is 25.1 Å². The van der Waals surface area contributed by atoms with Gasteiger partial charge in [-0.25, -0.2) is 12.8 Å². The number of aryl methyl sites for hydroxylation is 2. The molecule has 0 aliphatic carbocycles. The third-order valence-corrected chi connectivity index (χ3v) is 7.11. The molecule has 1 N–H and O–H groups in total. The van der Waals surface area contributed by atoms with Gasteiger partial charge < -0.3 is 5.32 Å². The van der Waals surface area contributed by atoms with Gasteiger partial charge in [-0.05, 0) is 73.7 Å². The molecule has 1 amide bonds. The summed E-state index contributed by atoms with van der Waals surface area (Å²) in [6.07, 6.45) is 1.34. The number of nitrogens with one attached hydrogen (secondary N) is 1. The Morgan fingerprint density at radius 3 is 2.31 bits per heavy atom. The van der Waals surface area contributed by atoms with E-state index in [0.717, 1.165) is 16.7 Å². The minimum absolute atomic E-state index is 0.130. The van der Waals surface area contributed by atoms with Crippen molar-refractivity contribution in [2.45, 2.75) is 31.6 Å². The fourth-order valence-corrected chi connectivity index (χ4v) is 4.88. The van der Waals surface area contributed by atoms with Crippen LogP contribution in [0.3, 0.4) is 0 Å². The molecule has 0 radical (unpaired) electrons. The summed E-state index contributed by atoms with van der Waals surface area (Å²) in [5, 5.41) is 2.80. The number of benzene rings is 3. The van der Waals surface area contributed by atoms with Crippen LogP contribution in [0, 0.1) is 19.7 Å². The summed E-state index contributed by atoms with van der Waals surface area (Å²) in [4.78, 5) is 12.8. The molecule has 0 atom stereocenters. The van der Waals surface area contributed by atoms with E-state index in [-0.39, 0.29) is 23.2 Å². The molecule has 0 spiro atoms. The first kappa shape index (κ1) is 23.5. The monoisotopic (exact) mass is 454 g/mol. The number of halogens is 1. The molecule has 0 bridgehead atoms. The van der Waals surface area contributed by atoms with Crippen LogP contribution >= 0.6 is 0 Å². The van der Waals surface area contributed by atoms with Gasteiger partial charge in [0.2, 0.25) is 5.91 Å². The van der Waals surface area contributed by atoms with Gasteiger partial charge in [0.25, 0.3) is 10.0 Å². The predicted octanol–water partition coefficient (Wildman–Crippen LogP) is 4.39. The normalized spacial score (nSPS) is 11.2. The number of nitrogens with zero attached hydrogens (tertiary/aromatic N) is 1. The Balaban J connectivity index is 1.73. The number of carbonyl (C=O) groups is 1. The molecule has 0 aliphatic heterocycles. The Kier molecular flexibility index (Phi) is 7.64. The smallest absolute Gasteiger partial charge is 0.264 e. The van der Waals surface area contributed by atoms with E-state index in [1.54, 1.807) is 42.5 Å². The molecule has 0 aromatic heterocycles. The SMILES string of the molecule is Cc1cccc(N(CC(=O)NCCCc2ccc(F)cc2)S(=O)(=O)c2ccccc2)c1C. The van der Waals surface area contributed by atoms with Crippen LogP contribution in [0.5, 0.6) is 0 Å². The van der Waals surface area contributed by atoms with Crippen LogP contribution in [0.25, 0.3) is 0 Å². The second kappa shape index (κ2) is 10.4. The Hall–Kier alpha value is -3.19. The molecule has 0 heterocycles. The van der Waals surface area contributed by atoms with Crippen molar-refractivity contribution in [2.24, 2.45) is 0 Å². The van der Waals surface area contributed by atoms with Crippen LogP contribution in [0.15, 0.2) is 77.7 Å². The number of anilines is 1. The van der Waals surface area contributed by atoms with Crippen molar-refractivity contribution >= 4 is 21.6 Å². The summed E-state index contributed by atoms with van der Waals surface area (Å²) in [5.74, 6) is -0.669. The zero-order chi connectivity index (χ0) is 23.1. The van der Waals surface area contributed by atoms with E-state index in [1.807, 2.05) is 19.9 Å². The highest BCUT2D eigenvalue weighted by Gasteiger charge is 2.28. The molecule has 3 aromatic rings. The molecule has 0 fully saturated rings. The minimum atomic E-state index is -3.93.